The molecule has 0 radical (unpaired) electrons. The minimum absolute atomic E-state index is 0.0980. The Kier molecular flexibility index (Phi) is 4.08. The summed E-state index contributed by atoms with van der Waals surface area (Å²) in [4.78, 5) is 18.2. The smallest absolute Gasteiger partial charge is 0.248 e. The van der Waals surface area contributed by atoms with Crippen LogP contribution in [0.5, 0.6) is 0 Å². The van der Waals surface area contributed by atoms with Crippen molar-refractivity contribution in [1.29, 1.82) is 0 Å². The zero-order valence-corrected chi connectivity index (χ0v) is 15.6. The van der Waals surface area contributed by atoms with Gasteiger partial charge >= 0.3 is 0 Å². The highest BCUT2D eigenvalue weighted by Gasteiger charge is 2.18. The van der Waals surface area contributed by atoms with Crippen molar-refractivity contribution in [2.24, 2.45) is 0 Å². The largest absolute Gasteiger partial charge is 0.324 e. The molecule has 1 amide bonds. The number of hydrogen-bond acceptors (Lipinski definition) is 4. The minimum Gasteiger partial charge on any atom is -0.324 e. The van der Waals surface area contributed by atoms with Gasteiger partial charge in [-0.1, -0.05) is 12.1 Å². The van der Waals surface area contributed by atoms with Gasteiger partial charge in [0.2, 0.25) is 5.91 Å². The van der Waals surface area contributed by atoms with Gasteiger partial charge in [0.15, 0.2) is 4.96 Å². The number of benzene rings is 1. The van der Waals surface area contributed by atoms with Crippen LogP contribution in [0.25, 0.3) is 16.2 Å². The Morgan fingerprint density at radius 3 is 2.85 bits per heavy atom. The summed E-state index contributed by atoms with van der Waals surface area (Å²) in [7, 11) is 0. The topological polar surface area (TPSA) is 64.2 Å². The Labute approximate surface area is 155 Å². The maximum atomic E-state index is 12.6. The van der Waals surface area contributed by atoms with E-state index in [4.69, 9.17) is 0 Å². The maximum Gasteiger partial charge on any atom is 0.248 e. The summed E-state index contributed by atoms with van der Waals surface area (Å²) >= 11 is 1.59. The van der Waals surface area contributed by atoms with Gasteiger partial charge in [-0.15, -0.1) is 11.3 Å². The number of thiazole rings is 1. The molecule has 0 aliphatic rings. The molecule has 1 aromatic carbocycles. The van der Waals surface area contributed by atoms with Gasteiger partial charge in [0.1, 0.15) is 6.04 Å². The monoisotopic (exact) mass is 365 g/mol. The molecule has 0 spiro atoms. The first-order chi connectivity index (χ1) is 12.5. The molecular formula is C19H19N5OS. The van der Waals surface area contributed by atoms with Gasteiger partial charge < -0.3 is 5.32 Å². The van der Waals surface area contributed by atoms with Gasteiger partial charge in [-0.3, -0.25) is 13.9 Å². The lowest BCUT2D eigenvalue weighted by Gasteiger charge is -2.15. The Bertz CT molecular complexity index is 1060. The van der Waals surface area contributed by atoms with Crippen molar-refractivity contribution < 1.29 is 4.79 Å². The molecular weight excluding hydrogens is 346 g/mol. The van der Waals surface area contributed by atoms with Crippen LogP contribution in [-0.2, 0) is 4.79 Å². The van der Waals surface area contributed by atoms with Crippen LogP contribution < -0.4 is 5.32 Å². The molecule has 0 unspecified atom stereocenters. The first-order valence-corrected chi connectivity index (χ1v) is 9.25. The number of hydrogen-bond donors (Lipinski definition) is 1. The molecule has 0 aliphatic heterocycles. The van der Waals surface area contributed by atoms with Crippen LogP contribution in [0.3, 0.4) is 0 Å². The van der Waals surface area contributed by atoms with E-state index >= 15 is 0 Å². The number of aryl methyl sites for hydroxylation is 2. The highest BCUT2D eigenvalue weighted by atomic mass is 32.1. The lowest BCUT2D eigenvalue weighted by Crippen LogP contribution is -2.25. The summed E-state index contributed by atoms with van der Waals surface area (Å²) in [6.07, 6.45) is 3.98. The second-order valence-corrected chi connectivity index (χ2v) is 7.21. The molecule has 132 valence electrons. The van der Waals surface area contributed by atoms with Crippen LogP contribution >= 0.6 is 11.3 Å². The number of rotatable bonds is 4. The molecule has 4 aromatic rings. The number of anilines is 1. The van der Waals surface area contributed by atoms with Crippen molar-refractivity contribution in [2.45, 2.75) is 26.8 Å². The van der Waals surface area contributed by atoms with Crippen LogP contribution in [0.15, 0.2) is 48.1 Å². The molecule has 3 aromatic heterocycles. The lowest BCUT2D eigenvalue weighted by molar-refractivity contribution is -0.119. The number of imidazole rings is 1. The molecule has 3 heterocycles. The summed E-state index contributed by atoms with van der Waals surface area (Å²) < 4.78 is 3.74. The number of nitrogens with zero attached hydrogens (tertiary/aromatic N) is 4. The number of aromatic nitrogens is 4. The Hall–Kier alpha value is -2.93. The predicted molar refractivity (Wildman–Crippen MR) is 104 cm³/mol. The van der Waals surface area contributed by atoms with Crippen LogP contribution in [0, 0.1) is 13.8 Å². The molecule has 7 heteroatoms. The van der Waals surface area contributed by atoms with Gasteiger partial charge in [0, 0.05) is 34.7 Å². The normalized spacial score (nSPS) is 12.4. The third-order valence-corrected chi connectivity index (χ3v) is 5.08. The van der Waals surface area contributed by atoms with E-state index < -0.39 is 0 Å². The SMILES string of the molecule is Cc1cc(C)n([C@H](C)C(=O)Nc2cccc(-c3cn4ccsc4n3)c2)n1. The summed E-state index contributed by atoms with van der Waals surface area (Å²) in [5.41, 5.74) is 4.48. The fourth-order valence-electron chi connectivity index (χ4n) is 3.02. The second-order valence-electron chi connectivity index (χ2n) is 6.34. The molecule has 6 nitrogen and oxygen atoms in total. The van der Waals surface area contributed by atoms with E-state index in [2.05, 4.69) is 15.4 Å². The number of carbonyl (C=O) groups excluding carboxylic acids is 1. The van der Waals surface area contributed by atoms with Crippen LogP contribution in [0.2, 0.25) is 0 Å². The fourth-order valence-corrected chi connectivity index (χ4v) is 3.72. The molecule has 0 aliphatic carbocycles. The van der Waals surface area contributed by atoms with E-state index in [1.807, 2.05) is 73.3 Å². The minimum atomic E-state index is -0.384. The van der Waals surface area contributed by atoms with E-state index in [0.29, 0.717) is 0 Å². The molecule has 0 saturated heterocycles. The molecule has 4 rings (SSSR count). The highest BCUT2D eigenvalue weighted by Crippen LogP contribution is 2.24. The number of nitrogens with one attached hydrogen (secondary N) is 1. The van der Waals surface area contributed by atoms with Crippen molar-refractivity contribution in [3.8, 4) is 11.3 Å². The summed E-state index contributed by atoms with van der Waals surface area (Å²) in [5.74, 6) is -0.0980. The van der Waals surface area contributed by atoms with E-state index in [9.17, 15) is 4.79 Å². The fraction of sp³-hybridized carbons (Fsp3) is 0.211. The Morgan fingerprint density at radius 1 is 1.27 bits per heavy atom. The van der Waals surface area contributed by atoms with E-state index in [-0.39, 0.29) is 11.9 Å². The third-order valence-electron chi connectivity index (χ3n) is 4.31. The Balaban J connectivity index is 1.55. The van der Waals surface area contributed by atoms with E-state index in [0.717, 1.165) is 33.3 Å². The second kappa shape index (κ2) is 6.42. The number of fused-ring (bicyclic) bond motifs is 1. The van der Waals surface area contributed by atoms with Crippen LogP contribution in [0.1, 0.15) is 24.4 Å². The van der Waals surface area contributed by atoms with E-state index in [1.165, 1.54) is 0 Å². The average Bonchev–Trinajstić information content (AvgIpc) is 3.28. The summed E-state index contributed by atoms with van der Waals surface area (Å²) in [6, 6.07) is 9.32. The standard InChI is InChI=1S/C19H19N5OS/c1-12-9-13(2)24(22-12)14(3)18(25)20-16-6-4-5-15(10-16)17-11-23-7-8-26-19(23)21-17/h4-11,14H,1-3H3,(H,20,25)/t14-/m1/s1. The van der Waals surface area contributed by atoms with Crippen molar-refractivity contribution in [3.05, 3.63) is 59.5 Å². The van der Waals surface area contributed by atoms with Crippen LogP contribution in [-0.4, -0.2) is 25.1 Å². The molecule has 0 bridgehead atoms. The molecule has 26 heavy (non-hydrogen) atoms. The molecule has 0 fully saturated rings. The highest BCUT2D eigenvalue weighted by molar-refractivity contribution is 7.15. The van der Waals surface area contributed by atoms with Crippen molar-refractivity contribution in [2.75, 3.05) is 5.32 Å². The van der Waals surface area contributed by atoms with Crippen molar-refractivity contribution in [3.63, 3.8) is 0 Å². The first-order valence-electron chi connectivity index (χ1n) is 8.37. The van der Waals surface area contributed by atoms with Crippen LogP contribution in [0.4, 0.5) is 5.69 Å². The summed E-state index contributed by atoms with van der Waals surface area (Å²) in [6.45, 7) is 5.73. The Morgan fingerprint density at radius 2 is 2.12 bits per heavy atom. The lowest BCUT2D eigenvalue weighted by atomic mass is 10.1. The summed E-state index contributed by atoms with van der Waals surface area (Å²) in [5, 5.41) is 9.39. The molecule has 1 N–H and O–H groups in total. The average molecular weight is 365 g/mol. The first kappa shape index (κ1) is 16.5. The maximum absolute atomic E-state index is 12.6. The third kappa shape index (κ3) is 3.01. The molecule has 0 saturated carbocycles. The van der Waals surface area contributed by atoms with Gasteiger partial charge in [-0.05, 0) is 39.0 Å². The number of carbonyl (C=O) groups is 1. The zero-order chi connectivity index (χ0) is 18.3. The number of amides is 1. The van der Waals surface area contributed by atoms with Crippen molar-refractivity contribution in [1.82, 2.24) is 19.2 Å². The quantitative estimate of drug-likeness (QED) is 0.593. The van der Waals surface area contributed by atoms with Crippen molar-refractivity contribution >= 4 is 27.9 Å². The predicted octanol–water partition coefficient (Wildman–Crippen LogP) is 4.08. The molecule has 1 atom stereocenters. The van der Waals surface area contributed by atoms with E-state index in [1.54, 1.807) is 16.0 Å². The van der Waals surface area contributed by atoms with Gasteiger partial charge in [-0.25, -0.2) is 4.98 Å². The van der Waals surface area contributed by atoms with Gasteiger partial charge in [0.25, 0.3) is 0 Å². The van der Waals surface area contributed by atoms with Gasteiger partial charge in [-0.2, -0.15) is 5.10 Å². The zero-order valence-electron chi connectivity index (χ0n) is 14.8. The van der Waals surface area contributed by atoms with Gasteiger partial charge in [0.05, 0.1) is 11.4 Å².